The van der Waals surface area contributed by atoms with E-state index >= 15 is 0 Å². The Bertz CT molecular complexity index is 1220. The first kappa shape index (κ1) is 22.3. The van der Waals surface area contributed by atoms with Crippen molar-refractivity contribution >= 4 is 23.1 Å². The molecule has 1 aliphatic rings. The van der Waals surface area contributed by atoms with Crippen LogP contribution in [0.3, 0.4) is 0 Å². The van der Waals surface area contributed by atoms with Crippen LogP contribution >= 0.6 is 0 Å². The van der Waals surface area contributed by atoms with Crippen molar-refractivity contribution in [3.63, 3.8) is 0 Å². The van der Waals surface area contributed by atoms with Crippen LogP contribution in [-0.2, 0) is 9.59 Å². The average Bonchev–Trinajstić information content (AvgIpc) is 3.10. The third-order valence-corrected chi connectivity index (χ3v) is 5.58. The number of para-hydroxylation sites is 1. The van der Waals surface area contributed by atoms with E-state index in [2.05, 4.69) is 0 Å². The first-order valence-electron chi connectivity index (χ1n) is 10.8. The van der Waals surface area contributed by atoms with E-state index in [-0.39, 0.29) is 16.9 Å². The number of hydrogen-bond acceptors (Lipinski definition) is 4. The van der Waals surface area contributed by atoms with Gasteiger partial charge >= 0.3 is 0 Å². The summed E-state index contributed by atoms with van der Waals surface area (Å²) in [5, 5.41) is 11.1. The van der Waals surface area contributed by atoms with Crippen LogP contribution in [0.15, 0.2) is 78.4 Å². The summed E-state index contributed by atoms with van der Waals surface area (Å²) in [6.07, 6.45) is 0.868. The highest BCUT2D eigenvalue weighted by Gasteiger charge is 2.46. The topological polar surface area (TPSA) is 66.8 Å². The zero-order chi connectivity index (χ0) is 23.5. The number of ketones is 1. The molecular weight excluding hydrogens is 421 g/mol. The molecule has 1 unspecified atom stereocenters. The van der Waals surface area contributed by atoms with Crippen molar-refractivity contribution in [2.24, 2.45) is 0 Å². The lowest BCUT2D eigenvalue weighted by Crippen LogP contribution is -2.29. The van der Waals surface area contributed by atoms with Gasteiger partial charge in [-0.2, -0.15) is 0 Å². The Labute approximate surface area is 191 Å². The van der Waals surface area contributed by atoms with Crippen molar-refractivity contribution < 1.29 is 23.8 Å². The number of carbonyl (C=O) groups excluding carboxylic acids is 2. The number of aryl methyl sites for hydroxylation is 1. The second kappa shape index (κ2) is 9.28. The number of benzene rings is 3. The Kier molecular flexibility index (Phi) is 6.27. The minimum atomic E-state index is -0.849. The monoisotopic (exact) mass is 445 g/mol. The van der Waals surface area contributed by atoms with Gasteiger partial charge in [0.25, 0.3) is 11.7 Å². The molecule has 0 saturated carbocycles. The molecule has 1 amide bonds. The third kappa shape index (κ3) is 4.24. The summed E-state index contributed by atoms with van der Waals surface area (Å²) in [6.45, 7) is 4.16. The standard InChI is InChI=1S/C27H24FNO4/c1-3-15-33-21-12-9-18(10-13-21)24-23(25(30)19-11-14-22(28)17(2)16-19)26(31)27(32)29(24)20-7-5-4-6-8-20/h4-14,16,24,30H,3,15H2,1-2H3/b25-23-. The van der Waals surface area contributed by atoms with Crippen LogP contribution in [0, 0.1) is 12.7 Å². The van der Waals surface area contributed by atoms with Gasteiger partial charge in [-0.25, -0.2) is 4.39 Å². The van der Waals surface area contributed by atoms with Gasteiger partial charge in [0.15, 0.2) is 0 Å². The second-order valence-electron chi connectivity index (χ2n) is 7.89. The SMILES string of the molecule is CCCOc1ccc(C2/C(=C(/O)c3ccc(F)c(C)c3)C(=O)C(=O)N2c2ccccc2)cc1. The minimum Gasteiger partial charge on any atom is -0.507 e. The fourth-order valence-corrected chi connectivity index (χ4v) is 3.92. The van der Waals surface area contributed by atoms with E-state index in [1.165, 1.54) is 23.1 Å². The lowest BCUT2D eigenvalue weighted by atomic mass is 9.94. The molecule has 0 spiro atoms. The zero-order valence-electron chi connectivity index (χ0n) is 18.4. The van der Waals surface area contributed by atoms with Crippen molar-refractivity contribution in [3.05, 3.63) is 101 Å². The smallest absolute Gasteiger partial charge is 0.300 e. The fraction of sp³-hybridized carbons (Fsp3) is 0.185. The molecule has 1 saturated heterocycles. The highest BCUT2D eigenvalue weighted by atomic mass is 19.1. The summed E-state index contributed by atoms with van der Waals surface area (Å²) in [5.41, 5.74) is 1.72. The molecule has 33 heavy (non-hydrogen) atoms. The normalized spacial score (nSPS) is 17.4. The van der Waals surface area contributed by atoms with Crippen LogP contribution < -0.4 is 9.64 Å². The Morgan fingerprint density at radius 2 is 1.73 bits per heavy atom. The number of aliphatic hydroxyl groups excluding tert-OH is 1. The third-order valence-electron chi connectivity index (χ3n) is 5.58. The first-order chi connectivity index (χ1) is 15.9. The maximum absolute atomic E-state index is 13.8. The van der Waals surface area contributed by atoms with Crippen LogP contribution in [0.4, 0.5) is 10.1 Å². The van der Waals surface area contributed by atoms with Crippen LogP contribution in [0.5, 0.6) is 5.75 Å². The van der Waals surface area contributed by atoms with E-state index in [9.17, 15) is 19.1 Å². The van der Waals surface area contributed by atoms with Gasteiger partial charge in [-0.05, 0) is 66.9 Å². The van der Waals surface area contributed by atoms with E-state index in [1.54, 1.807) is 55.5 Å². The molecule has 6 heteroatoms. The van der Waals surface area contributed by atoms with E-state index in [4.69, 9.17) is 4.74 Å². The molecule has 0 aliphatic carbocycles. The molecule has 4 rings (SSSR count). The van der Waals surface area contributed by atoms with Crippen LogP contribution in [0.2, 0.25) is 0 Å². The number of hydrogen-bond donors (Lipinski definition) is 1. The Morgan fingerprint density at radius 1 is 1.03 bits per heavy atom. The Balaban J connectivity index is 1.87. The van der Waals surface area contributed by atoms with Gasteiger partial charge in [0.05, 0.1) is 18.2 Å². The number of anilines is 1. The fourth-order valence-electron chi connectivity index (χ4n) is 3.92. The molecule has 1 N–H and O–H groups in total. The van der Waals surface area contributed by atoms with Gasteiger partial charge in [-0.3, -0.25) is 14.5 Å². The number of rotatable bonds is 6. The molecule has 0 radical (unpaired) electrons. The molecule has 1 heterocycles. The molecule has 0 bridgehead atoms. The predicted molar refractivity (Wildman–Crippen MR) is 125 cm³/mol. The summed E-state index contributed by atoms with van der Waals surface area (Å²) < 4.78 is 19.4. The number of nitrogens with zero attached hydrogens (tertiary/aromatic N) is 1. The van der Waals surface area contributed by atoms with Crippen molar-refractivity contribution in [1.29, 1.82) is 0 Å². The highest BCUT2D eigenvalue weighted by Crippen LogP contribution is 2.42. The van der Waals surface area contributed by atoms with Gasteiger partial charge in [0.1, 0.15) is 17.3 Å². The molecule has 1 fully saturated rings. The second-order valence-corrected chi connectivity index (χ2v) is 7.89. The number of amides is 1. The predicted octanol–water partition coefficient (Wildman–Crippen LogP) is 5.55. The van der Waals surface area contributed by atoms with Crippen LogP contribution in [0.25, 0.3) is 5.76 Å². The summed E-state index contributed by atoms with van der Waals surface area (Å²) in [4.78, 5) is 27.6. The van der Waals surface area contributed by atoms with E-state index in [0.717, 1.165) is 6.42 Å². The molecule has 3 aromatic carbocycles. The maximum atomic E-state index is 13.8. The summed E-state index contributed by atoms with van der Waals surface area (Å²) in [5.74, 6) is -1.62. The molecule has 1 atom stereocenters. The number of halogens is 1. The van der Waals surface area contributed by atoms with Crippen molar-refractivity contribution in [1.82, 2.24) is 0 Å². The van der Waals surface area contributed by atoms with Crippen molar-refractivity contribution in [2.45, 2.75) is 26.3 Å². The highest BCUT2D eigenvalue weighted by molar-refractivity contribution is 6.51. The van der Waals surface area contributed by atoms with Gasteiger partial charge in [0.2, 0.25) is 0 Å². The van der Waals surface area contributed by atoms with Crippen LogP contribution in [-0.4, -0.2) is 23.4 Å². The lowest BCUT2D eigenvalue weighted by Gasteiger charge is -2.25. The zero-order valence-corrected chi connectivity index (χ0v) is 18.4. The van der Waals surface area contributed by atoms with Gasteiger partial charge in [0, 0.05) is 11.3 Å². The molecule has 3 aromatic rings. The number of ether oxygens (including phenoxy) is 1. The molecular formula is C27H24FNO4. The molecule has 0 aromatic heterocycles. The minimum absolute atomic E-state index is 0.0444. The van der Waals surface area contributed by atoms with Crippen LogP contribution in [0.1, 0.15) is 36.1 Å². The summed E-state index contributed by atoms with van der Waals surface area (Å²) >= 11 is 0. The van der Waals surface area contributed by atoms with Crippen molar-refractivity contribution in [2.75, 3.05) is 11.5 Å². The summed E-state index contributed by atoms with van der Waals surface area (Å²) in [7, 11) is 0. The van der Waals surface area contributed by atoms with Gasteiger partial charge in [-0.1, -0.05) is 37.3 Å². The van der Waals surface area contributed by atoms with Gasteiger partial charge < -0.3 is 9.84 Å². The molecule has 5 nitrogen and oxygen atoms in total. The lowest BCUT2D eigenvalue weighted by molar-refractivity contribution is -0.132. The van der Waals surface area contributed by atoms with Gasteiger partial charge in [-0.15, -0.1) is 0 Å². The first-order valence-corrected chi connectivity index (χ1v) is 10.8. The molecule has 1 aliphatic heterocycles. The largest absolute Gasteiger partial charge is 0.507 e. The number of carbonyl (C=O) groups is 2. The Hall–Kier alpha value is -3.93. The summed E-state index contributed by atoms with van der Waals surface area (Å²) in [6, 6.07) is 19.2. The van der Waals surface area contributed by atoms with E-state index in [1.807, 2.05) is 13.0 Å². The Morgan fingerprint density at radius 3 is 2.36 bits per heavy atom. The van der Waals surface area contributed by atoms with Crippen molar-refractivity contribution in [3.8, 4) is 5.75 Å². The van der Waals surface area contributed by atoms with E-state index in [0.29, 0.717) is 29.2 Å². The quantitative estimate of drug-likeness (QED) is 0.307. The average molecular weight is 445 g/mol. The maximum Gasteiger partial charge on any atom is 0.300 e. The van der Waals surface area contributed by atoms with E-state index < -0.39 is 23.5 Å². The number of Topliss-reactive ketones (excluding diaryl/α,β-unsaturated/α-hetero) is 1. The molecule has 168 valence electrons. The number of aliphatic hydroxyl groups is 1.